The van der Waals surface area contributed by atoms with Crippen molar-refractivity contribution in [1.82, 2.24) is 0 Å². The maximum absolute atomic E-state index is 13.0. The number of phenols is 2. The number of carbonyl (C=O) groups is 1. The molecule has 3 N–H and O–H groups in total. The van der Waals surface area contributed by atoms with E-state index in [1.54, 1.807) is 21.0 Å². The number of benzene rings is 2. The van der Waals surface area contributed by atoms with E-state index in [1.807, 2.05) is 38.1 Å². The Kier molecular flexibility index (Phi) is 6.84. The number of rotatable bonds is 7. The van der Waals surface area contributed by atoms with Gasteiger partial charge in [-0.15, -0.1) is 0 Å². The molecule has 2 aromatic rings. The fourth-order valence-electron chi connectivity index (χ4n) is 3.85. The SMILES string of the molecule is COc1ccc(C2CC(=O)c3c(O)cc(O)c(CC=C(C)C)c3O2)cc1CCC(C)(C)O. The summed E-state index contributed by atoms with van der Waals surface area (Å²) in [6.45, 7) is 7.42. The van der Waals surface area contributed by atoms with Gasteiger partial charge in [-0.25, -0.2) is 0 Å². The van der Waals surface area contributed by atoms with E-state index < -0.39 is 11.7 Å². The van der Waals surface area contributed by atoms with Gasteiger partial charge in [0, 0.05) is 11.6 Å². The van der Waals surface area contributed by atoms with Gasteiger partial charge in [0.05, 0.1) is 19.1 Å². The highest BCUT2D eigenvalue weighted by atomic mass is 16.5. The average Bonchev–Trinajstić information content (AvgIpc) is 2.70. The zero-order valence-corrected chi connectivity index (χ0v) is 19.4. The quantitative estimate of drug-likeness (QED) is 0.523. The van der Waals surface area contributed by atoms with Crippen molar-refractivity contribution >= 4 is 5.78 Å². The van der Waals surface area contributed by atoms with Crippen molar-refractivity contribution in [2.75, 3.05) is 7.11 Å². The minimum Gasteiger partial charge on any atom is -0.507 e. The summed E-state index contributed by atoms with van der Waals surface area (Å²) in [5.74, 6) is 0.325. The molecule has 0 fully saturated rings. The summed E-state index contributed by atoms with van der Waals surface area (Å²) < 4.78 is 11.7. The van der Waals surface area contributed by atoms with Gasteiger partial charge in [-0.2, -0.15) is 0 Å². The van der Waals surface area contributed by atoms with Crippen LogP contribution in [-0.2, 0) is 12.8 Å². The van der Waals surface area contributed by atoms with Gasteiger partial charge in [0.25, 0.3) is 0 Å². The molecule has 0 saturated carbocycles. The minimum atomic E-state index is -0.813. The van der Waals surface area contributed by atoms with Crippen LogP contribution in [0, 0.1) is 0 Å². The molecule has 172 valence electrons. The lowest BCUT2D eigenvalue weighted by Crippen LogP contribution is -2.22. The van der Waals surface area contributed by atoms with E-state index in [1.165, 1.54) is 6.07 Å². The van der Waals surface area contributed by atoms with E-state index in [0.29, 0.717) is 30.6 Å². The van der Waals surface area contributed by atoms with Gasteiger partial charge in [0.15, 0.2) is 5.78 Å². The molecule has 1 heterocycles. The number of hydrogen-bond acceptors (Lipinski definition) is 6. The third kappa shape index (κ3) is 5.25. The van der Waals surface area contributed by atoms with Crippen LogP contribution >= 0.6 is 0 Å². The number of carbonyl (C=O) groups excluding carboxylic acids is 1. The van der Waals surface area contributed by atoms with Crippen molar-refractivity contribution in [3.63, 3.8) is 0 Å². The fourth-order valence-corrected chi connectivity index (χ4v) is 3.85. The van der Waals surface area contributed by atoms with E-state index in [0.717, 1.165) is 16.7 Å². The first kappa shape index (κ1) is 23.7. The molecule has 0 saturated heterocycles. The molecule has 0 aromatic heterocycles. The zero-order chi connectivity index (χ0) is 23.6. The molecule has 32 heavy (non-hydrogen) atoms. The predicted molar refractivity (Wildman–Crippen MR) is 123 cm³/mol. The lowest BCUT2D eigenvalue weighted by molar-refractivity contribution is 0.0712. The summed E-state index contributed by atoms with van der Waals surface area (Å²) in [5.41, 5.74) is 2.56. The Morgan fingerprint density at radius 3 is 2.56 bits per heavy atom. The molecule has 0 aliphatic carbocycles. The molecule has 6 heteroatoms. The second kappa shape index (κ2) is 9.25. The van der Waals surface area contributed by atoms with Crippen LogP contribution in [-0.4, -0.2) is 33.8 Å². The molecule has 0 spiro atoms. The fraction of sp³-hybridized carbons (Fsp3) is 0.423. The van der Waals surface area contributed by atoms with Crippen molar-refractivity contribution < 1.29 is 29.6 Å². The number of aryl methyl sites for hydroxylation is 1. The number of aliphatic hydroxyl groups is 1. The van der Waals surface area contributed by atoms with E-state index in [-0.39, 0.29) is 35.0 Å². The number of allylic oxidation sites excluding steroid dienone is 2. The highest BCUT2D eigenvalue weighted by molar-refractivity contribution is 6.03. The number of Topliss-reactive ketones (excluding diaryl/α,β-unsaturated/α-hetero) is 1. The summed E-state index contributed by atoms with van der Waals surface area (Å²) in [5, 5.41) is 30.9. The Hall–Kier alpha value is -2.99. The van der Waals surface area contributed by atoms with Crippen LogP contribution in [0.15, 0.2) is 35.9 Å². The summed E-state index contributed by atoms with van der Waals surface area (Å²) in [7, 11) is 1.60. The Morgan fingerprint density at radius 1 is 1.22 bits per heavy atom. The number of hydrogen-bond donors (Lipinski definition) is 3. The lowest BCUT2D eigenvalue weighted by atomic mass is 9.90. The van der Waals surface area contributed by atoms with E-state index in [9.17, 15) is 20.1 Å². The maximum Gasteiger partial charge on any atom is 0.174 e. The number of fused-ring (bicyclic) bond motifs is 1. The van der Waals surface area contributed by atoms with Crippen LogP contribution in [0.4, 0.5) is 0 Å². The van der Waals surface area contributed by atoms with Gasteiger partial charge in [-0.1, -0.05) is 17.7 Å². The third-order valence-corrected chi connectivity index (χ3v) is 5.65. The number of ketones is 1. The molecule has 2 aromatic carbocycles. The average molecular weight is 441 g/mol. The number of methoxy groups -OCH3 is 1. The standard InChI is InChI=1S/C26H32O6/c1-15(2)6-8-18-19(27)13-20(28)24-21(29)14-23(32-25(18)24)16-7-9-22(31-5)17(12-16)10-11-26(3,4)30/h6-7,9,12-13,23,27-28,30H,8,10-11,14H2,1-5H3. The third-order valence-electron chi connectivity index (χ3n) is 5.65. The van der Waals surface area contributed by atoms with Crippen molar-refractivity contribution in [2.45, 2.75) is 65.1 Å². The summed E-state index contributed by atoms with van der Waals surface area (Å²) in [4.78, 5) is 13.0. The molecule has 1 aliphatic rings. The summed E-state index contributed by atoms with van der Waals surface area (Å²) in [6.07, 6.45) is 2.99. The van der Waals surface area contributed by atoms with Gasteiger partial charge >= 0.3 is 0 Å². The Labute approximate surface area is 189 Å². The molecule has 0 amide bonds. The monoisotopic (exact) mass is 440 g/mol. The minimum absolute atomic E-state index is 0.0741. The second-order valence-corrected chi connectivity index (χ2v) is 9.20. The smallest absolute Gasteiger partial charge is 0.174 e. The van der Waals surface area contributed by atoms with Crippen molar-refractivity contribution in [3.8, 4) is 23.0 Å². The van der Waals surface area contributed by atoms with Gasteiger partial charge in [-0.05, 0) is 70.2 Å². The largest absolute Gasteiger partial charge is 0.507 e. The summed E-state index contributed by atoms with van der Waals surface area (Å²) in [6, 6.07) is 6.83. The van der Waals surface area contributed by atoms with E-state index >= 15 is 0 Å². The topological polar surface area (TPSA) is 96.2 Å². The van der Waals surface area contributed by atoms with Crippen LogP contribution < -0.4 is 9.47 Å². The Balaban J connectivity index is 2.00. The molecule has 0 bridgehead atoms. The second-order valence-electron chi connectivity index (χ2n) is 9.20. The van der Waals surface area contributed by atoms with E-state index in [4.69, 9.17) is 9.47 Å². The molecule has 1 unspecified atom stereocenters. The Morgan fingerprint density at radius 2 is 1.94 bits per heavy atom. The first-order valence-corrected chi connectivity index (χ1v) is 10.8. The van der Waals surface area contributed by atoms with Crippen LogP contribution in [0.3, 0.4) is 0 Å². The first-order chi connectivity index (χ1) is 15.0. The van der Waals surface area contributed by atoms with Crippen LogP contribution in [0.1, 0.15) is 73.7 Å². The number of ether oxygens (including phenoxy) is 2. The Bertz CT molecular complexity index is 1040. The predicted octanol–water partition coefficient (Wildman–Crippen LogP) is 5.03. The van der Waals surface area contributed by atoms with Gasteiger partial charge in [0.2, 0.25) is 0 Å². The van der Waals surface area contributed by atoms with Crippen LogP contribution in [0.2, 0.25) is 0 Å². The first-order valence-electron chi connectivity index (χ1n) is 10.8. The molecule has 0 radical (unpaired) electrons. The normalized spacial score (nSPS) is 15.7. The summed E-state index contributed by atoms with van der Waals surface area (Å²) >= 11 is 0. The highest BCUT2D eigenvalue weighted by Gasteiger charge is 2.33. The molecular formula is C26H32O6. The number of aromatic hydroxyl groups is 2. The molecule has 1 aliphatic heterocycles. The molecule has 6 nitrogen and oxygen atoms in total. The van der Waals surface area contributed by atoms with Crippen LogP contribution in [0.5, 0.6) is 23.0 Å². The van der Waals surface area contributed by atoms with Gasteiger partial charge < -0.3 is 24.8 Å². The zero-order valence-electron chi connectivity index (χ0n) is 19.4. The maximum atomic E-state index is 13.0. The highest BCUT2D eigenvalue weighted by Crippen LogP contribution is 2.46. The van der Waals surface area contributed by atoms with Crippen molar-refractivity contribution in [2.24, 2.45) is 0 Å². The van der Waals surface area contributed by atoms with Crippen molar-refractivity contribution in [1.29, 1.82) is 0 Å². The van der Waals surface area contributed by atoms with Gasteiger partial charge in [0.1, 0.15) is 34.7 Å². The number of phenolic OH excluding ortho intramolecular Hbond substituents is 2. The molecule has 3 rings (SSSR count). The lowest BCUT2D eigenvalue weighted by Gasteiger charge is -2.29. The molecule has 1 atom stereocenters. The van der Waals surface area contributed by atoms with E-state index in [2.05, 4.69) is 0 Å². The molecular weight excluding hydrogens is 408 g/mol. The van der Waals surface area contributed by atoms with Crippen LogP contribution in [0.25, 0.3) is 0 Å². The van der Waals surface area contributed by atoms with Crippen molar-refractivity contribution in [3.05, 3.63) is 58.2 Å². The van der Waals surface area contributed by atoms with Gasteiger partial charge in [-0.3, -0.25) is 4.79 Å².